The predicted octanol–water partition coefficient (Wildman–Crippen LogP) is 2.81. The third kappa shape index (κ3) is 3.79. The quantitative estimate of drug-likeness (QED) is 0.716. The number of alkyl halides is 3. The van der Waals surface area contributed by atoms with Crippen molar-refractivity contribution in [2.24, 2.45) is 0 Å². The highest BCUT2D eigenvalue weighted by atomic mass is 19.3. The number of ether oxygens (including phenoxy) is 1. The molecule has 0 spiro atoms. The lowest BCUT2D eigenvalue weighted by molar-refractivity contribution is -0.0152. The van der Waals surface area contributed by atoms with E-state index in [4.69, 9.17) is 4.74 Å². The minimum atomic E-state index is -2.97. The monoisotopic (exact) mass is 204 g/mol. The molecule has 14 heavy (non-hydrogen) atoms. The lowest BCUT2D eigenvalue weighted by Crippen LogP contribution is -2.18. The Morgan fingerprint density at radius 2 is 1.71 bits per heavy atom. The number of benzene rings is 1. The average molecular weight is 204 g/mol. The van der Waals surface area contributed by atoms with Crippen LogP contribution in [0.4, 0.5) is 13.2 Å². The fraction of sp³-hybridized carbons (Fsp3) is 0.400. The standard InChI is InChI=1S/C10H11F3O/c11-9(10(12)13)7-14-6-8-4-2-1-3-5-8/h1-5,9-10H,6-7H2. The molecule has 0 bridgehead atoms. The Hall–Kier alpha value is -1.03. The van der Waals surface area contributed by atoms with E-state index in [0.717, 1.165) is 5.56 Å². The maximum absolute atomic E-state index is 12.4. The summed E-state index contributed by atoms with van der Waals surface area (Å²) in [6.45, 7) is -0.402. The Balaban J connectivity index is 2.22. The molecule has 78 valence electrons. The van der Waals surface area contributed by atoms with Crippen molar-refractivity contribution in [3.05, 3.63) is 35.9 Å². The Bertz CT molecular complexity index is 251. The molecule has 0 aliphatic carbocycles. The molecule has 0 saturated carbocycles. The summed E-state index contributed by atoms with van der Waals surface area (Å²) in [5, 5.41) is 0. The van der Waals surface area contributed by atoms with Gasteiger partial charge in [0.1, 0.15) is 0 Å². The van der Waals surface area contributed by atoms with Gasteiger partial charge in [-0.2, -0.15) is 0 Å². The molecule has 1 nitrogen and oxygen atoms in total. The van der Waals surface area contributed by atoms with E-state index in [9.17, 15) is 13.2 Å². The van der Waals surface area contributed by atoms with Crippen molar-refractivity contribution in [2.75, 3.05) is 6.61 Å². The molecular formula is C10H11F3O. The van der Waals surface area contributed by atoms with Crippen molar-refractivity contribution in [3.63, 3.8) is 0 Å². The molecule has 0 heterocycles. The molecule has 0 N–H and O–H groups in total. The zero-order valence-corrected chi connectivity index (χ0v) is 7.50. The second-order valence-corrected chi connectivity index (χ2v) is 2.85. The maximum Gasteiger partial charge on any atom is 0.271 e. The molecule has 0 aromatic heterocycles. The molecule has 0 aliphatic heterocycles. The lowest BCUT2D eigenvalue weighted by Gasteiger charge is -2.07. The first kappa shape index (κ1) is 11.0. The molecule has 1 unspecified atom stereocenters. The summed E-state index contributed by atoms with van der Waals surface area (Å²) in [4.78, 5) is 0. The van der Waals surface area contributed by atoms with Gasteiger partial charge in [0.05, 0.1) is 13.2 Å². The smallest absolute Gasteiger partial charge is 0.271 e. The summed E-state index contributed by atoms with van der Waals surface area (Å²) in [5.74, 6) is 0. The maximum atomic E-state index is 12.4. The molecule has 1 rings (SSSR count). The van der Waals surface area contributed by atoms with Gasteiger partial charge in [-0.15, -0.1) is 0 Å². The van der Waals surface area contributed by atoms with Crippen LogP contribution < -0.4 is 0 Å². The normalized spacial score (nSPS) is 13.1. The fourth-order valence-corrected chi connectivity index (χ4v) is 0.936. The van der Waals surface area contributed by atoms with E-state index in [2.05, 4.69) is 0 Å². The van der Waals surface area contributed by atoms with Crippen LogP contribution in [-0.2, 0) is 11.3 Å². The molecule has 0 saturated heterocycles. The van der Waals surface area contributed by atoms with Crippen molar-refractivity contribution in [1.82, 2.24) is 0 Å². The van der Waals surface area contributed by atoms with Crippen LogP contribution in [0, 0.1) is 0 Å². The van der Waals surface area contributed by atoms with Crippen LogP contribution in [0.2, 0.25) is 0 Å². The minimum Gasteiger partial charge on any atom is -0.374 e. The SMILES string of the molecule is FC(F)C(F)COCc1ccccc1. The second-order valence-electron chi connectivity index (χ2n) is 2.85. The van der Waals surface area contributed by atoms with Crippen LogP contribution in [0.15, 0.2) is 30.3 Å². The van der Waals surface area contributed by atoms with Gasteiger partial charge in [-0.3, -0.25) is 0 Å². The largest absolute Gasteiger partial charge is 0.374 e. The third-order valence-corrected chi connectivity index (χ3v) is 1.66. The van der Waals surface area contributed by atoms with E-state index in [1.807, 2.05) is 6.07 Å². The van der Waals surface area contributed by atoms with Gasteiger partial charge in [-0.1, -0.05) is 30.3 Å². The van der Waals surface area contributed by atoms with Crippen molar-refractivity contribution in [3.8, 4) is 0 Å². The molecule has 0 aliphatic rings. The molecule has 1 atom stereocenters. The zero-order chi connectivity index (χ0) is 10.4. The van der Waals surface area contributed by atoms with Crippen LogP contribution in [0.1, 0.15) is 5.56 Å². The number of hydrogen-bond donors (Lipinski definition) is 0. The summed E-state index contributed by atoms with van der Waals surface area (Å²) in [5.41, 5.74) is 0.842. The molecular weight excluding hydrogens is 193 g/mol. The molecule has 0 amide bonds. The van der Waals surface area contributed by atoms with Crippen molar-refractivity contribution < 1.29 is 17.9 Å². The van der Waals surface area contributed by atoms with E-state index in [0.29, 0.717) is 0 Å². The van der Waals surface area contributed by atoms with Gasteiger partial charge in [0, 0.05) is 0 Å². The summed E-state index contributed by atoms with van der Waals surface area (Å²) in [6, 6.07) is 9.02. The van der Waals surface area contributed by atoms with E-state index in [1.54, 1.807) is 24.3 Å². The number of hydrogen-bond acceptors (Lipinski definition) is 1. The van der Waals surface area contributed by atoms with Crippen LogP contribution in [0.25, 0.3) is 0 Å². The highest BCUT2D eigenvalue weighted by molar-refractivity contribution is 5.13. The Morgan fingerprint density at radius 1 is 1.07 bits per heavy atom. The van der Waals surface area contributed by atoms with Gasteiger partial charge in [-0.05, 0) is 5.56 Å². The van der Waals surface area contributed by atoms with Gasteiger partial charge in [0.15, 0.2) is 6.17 Å². The van der Waals surface area contributed by atoms with Gasteiger partial charge < -0.3 is 4.74 Å². The van der Waals surface area contributed by atoms with E-state index >= 15 is 0 Å². The summed E-state index contributed by atoms with van der Waals surface area (Å²) >= 11 is 0. The highest BCUT2D eigenvalue weighted by Crippen LogP contribution is 2.07. The number of rotatable bonds is 5. The van der Waals surface area contributed by atoms with Crippen LogP contribution in [0.5, 0.6) is 0 Å². The summed E-state index contributed by atoms with van der Waals surface area (Å²) in [6.07, 6.45) is -5.16. The van der Waals surface area contributed by atoms with E-state index < -0.39 is 19.2 Å². The predicted molar refractivity (Wildman–Crippen MR) is 47.0 cm³/mol. The molecule has 0 radical (unpaired) electrons. The molecule has 4 heteroatoms. The first-order valence-corrected chi connectivity index (χ1v) is 4.24. The second kappa shape index (κ2) is 5.65. The van der Waals surface area contributed by atoms with Crippen LogP contribution in [-0.4, -0.2) is 19.2 Å². The highest BCUT2D eigenvalue weighted by Gasteiger charge is 2.18. The van der Waals surface area contributed by atoms with Crippen molar-refractivity contribution >= 4 is 0 Å². The van der Waals surface area contributed by atoms with Crippen LogP contribution >= 0.6 is 0 Å². The minimum absolute atomic E-state index is 0.161. The first-order chi connectivity index (χ1) is 6.70. The van der Waals surface area contributed by atoms with E-state index in [-0.39, 0.29) is 6.61 Å². The van der Waals surface area contributed by atoms with Gasteiger partial charge in [0.2, 0.25) is 0 Å². The van der Waals surface area contributed by atoms with Gasteiger partial charge >= 0.3 is 0 Å². The molecule has 0 fully saturated rings. The summed E-state index contributed by atoms with van der Waals surface area (Å²) in [7, 11) is 0. The lowest BCUT2D eigenvalue weighted by atomic mass is 10.2. The van der Waals surface area contributed by atoms with Gasteiger partial charge in [0.25, 0.3) is 6.43 Å². The number of halogens is 3. The summed E-state index contributed by atoms with van der Waals surface area (Å²) < 4.78 is 40.5. The first-order valence-electron chi connectivity index (χ1n) is 4.24. The van der Waals surface area contributed by atoms with Crippen LogP contribution in [0.3, 0.4) is 0 Å². The van der Waals surface area contributed by atoms with Crippen molar-refractivity contribution in [2.45, 2.75) is 19.2 Å². The van der Waals surface area contributed by atoms with Crippen molar-refractivity contribution in [1.29, 1.82) is 0 Å². The molecule has 1 aromatic rings. The average Bonchev–Trinajstić information content (AvgIpc) is 2.19. The van der Waals surface area contributed by atoms with E-state index in [1.165, 1.54) is 0 Å². The fourth-order valence-electron chi connectivity index (χ4n) is 0.936. The third-order valence-electron chi connectivity index (χ3n) is 1.66. The Labute approximate surface area is 80.5 Å². The Morgan fingerprint density at radius 3 is 2.29 bits per heavy atom. The topological polar surface area (TPSA) is 9.23 Å². The van der Waals surface area contributed by atoms with Gasteiger partial charge in [-0.25, -0.2) is 13.2 Å². The molecule has 1 aromatic carbocycles. The Kier molecular flexibility index (Phi) is 4.46. The zero-order valence-electron chi connectivity index (χ0n) is 7.50.